The van der Waals surface area contributed by atoms with E-state index in [2.05, 4.69) is 33.9 Å². The Bertz CT molecular complexity index is 731. The zero-order chi connectivity index (χ0) is 23.4. The Hall–Kier alpha value is -1.15. The standard InChI is InChI=1S/C24H41NO4SSi/c1-16-19(26-5)13-17(14-20(16)27-6)23(29-31(7,8)24(2,3)4)21(15-22(25)30)28-18-11-9-10-12-18/h13-14,18,21,23H,9-12,15H2,1-8H3,(H2,25,30). The van der Waals surface area contributed by atoms with Gasteiger partial charge in [-0.3, -0.25) is 0 Å². The lowest BCUT2D eigenvalue weighted by Gasteiger charge is -2.42. The minimum Gasteiger partial charge on any atom is -0.496 e. The lowest BCUT2D eigenvalue weighted by atomic mass is 9.99. The first-order valence-electron chi connectivity index (χ1n) is 11.2. The van der Waals surface area contributed by atoms with E-state index in [1.807, 2.05) is 19.1 Å². The first-order valence-corrected chi connectivity index (χ1v) is 14.6. The number of methoxy groups -OCH3 is 2. The molecule has 0 radical (unpaired) electrons. The summed E-state index contributed by atoms with van der Waals surface area (Å²) in [5.74, 6) is 1.54. The molecule has 7 heteroatoms. The van der Waals surface area contributed by atoms with Gasteiger partial charge in [-0.05, 0) is 55.6 Å². The number of benzene rings is 1. The van der Waals surface area contributed by atoms with Crippen LogP contribution in [0, 0.1) is 6.92 Å². The van der Waals surface area contributed by atoms with E-state index < -0.39 is 8.32 Å². The second-order valence-electron chi connectivity index (χ2n) is 10.1. The van der Waals surface area contributed by atoms with Crippen molar-refractivity contribution in [3.05, 3.63) is 23.3 Å². The molecule has 176 valence electrons. The summed E-state index contributed by atoms with van der Waals surface area (Å²) in [4.78, 5) is 0.442. The molecule has 1 saturated carbocycles. The third-order valence-electron chi connectivity index (χ3n) is 6.74. The average Bonchev–Trinajstić information content (AvgIpc) is 3.18. The molecule has 2 N–H and O–H groups in total. The first kappa shape index (κ1) is 26.1. The van der Waals surface area contributed by atoms with E-state index in [1.165, 1.54) is 12.8 Å². The zero-order valence-electron chi connectivity index (χ0n) is 20.5. The van der Waals surface area contributed by atoms with E-state index in [0.29, 0.717) is 11.4 Å². The maximum atomic E-state index is 6.99. The second-order valence-corrected chi connectivity index (χ2v) is 15.4. The van der Waals surface area contributed by atoms with Gasteiger partial charge in [-0.2, -0.15) is 0 Å². The van der Waals surface area contributed by atoms with Gasteiger partial charge >= 0.3 is 0 Å². The Kier molecular flexibility index (Phi) is 8.96. The molecule has 1 aliphatic carbocycles. The van der Waals surface area contributed by atoms with Crippen LogP contribution >= 0.6 is 12.2 Å². The largest absolute Gasteiger partial charge is 0.496 e. The topological polar surface area (TPSA) is 62.9 Å². The molecule has 2 rings (SSSR count). The highest BCUT2D eigenvalue weighted by Crippen LogP contribution is 2.44. The van der Waals surface area contributed by atoms with Gasteiger partial charge in [0.1, 0.15) is 11.5 Å². The molecule has 0 spiro atoms. The quantitative estimate of drug-likeness (QED) is 0.332. The van der Waals surface area contributed by atoms with Crippen molar-refractivity contribution in [2.75, 3.05) is 14.2 Å². The molecule has 2 unspecified atom stereocenters. The van der Waals surface area contributed by atoms with Crippen LogP contribution in [0.2, 0.25) is 18.1 Å². The van der Waals surface area contributed by atoms with Crippen molar-refractivity contribution in [2.24, 2.45) is 5.73 Å². The van der Waals surface area contributed by atoms with Gasteiger partial charge in [0.15, 0.2) is 8.32 Å². The van der Waals surface area contributed by atoms with Crippen LogP contribution < -0.4 is 15.2 Å². The molecule has 0 aliphatic heterocycles. The molecule has 31 heavy (non-hydrogen) atoms. The van der Waals surface area contributed by atoms with Crippen LogP contribution in [0.3, 0.4) is 0 Å². The highest BCUT2D eigenvalue weighted by Gasteiger charge is 2.42. The third kappa shape index (κ3) is 6.67. The van der Waals surface area contributed by atoms with Gasteiger partial charge in [-0.1, -0.05) is 45.8 Å². The molecule has 0 saturated heterocycles. The molecule has 0 bridgehead atoms. The summed E-state index contributed by atoms with van der Waals surface area (Å²) in [6.45, 7) is 13.2. The molecule has 0 heterocycles. The minimum atomic E-state index is -2.13. The zero-order valence-corrected chi connectivity index (χ0v) is 22.4. The van der Waals surface area contributed by atoms with Crippen molar-refractivity contribution in [1.82, 2.24) is 0 Å². The molecule has 5 nitrogen and oxygen atoms in total. The van der Waals surface area contributed by atoms with E-state index in [9.17, 15) is 0 Å². The summed E-state index contributed by atoms with van der Waals surface area (Å²) < 4.78 is 24.9. The lowest BCUT2D eigenvalue weighted by Crippen LogP contribution is -2.45. The number of rotatable bonds is 10. The predicted molar refractivity (Wildman–Crippen MR) is 134 cm³/mol. The van der Waals surface area contributed by atoms with Gasteiger partial charge in [-0.25, -0.2) is 0 Å². The van der Waals surface area contributed by atoms with Crippen molar-refractivity contribution < 1.29 is 18.6 Å². The maximum Gasteiger partial charge on any atom is 0.193 e. The van der Waals surface area contributed by atoms with Crippen LogP contribution in [0.5, 0.6) is 11.5 Å². The summed E-state index contributed by atoms with van der Waals surface area (Å²) in [5, 5.41) is 0.0469. The van der Waals surface area contributed by atoms with Crippen molar-refractivity contribution in [3.63, 3.8) is 0 Å². The smallest absolute Gasteiger partial charge is 0.193 e. The number of nitrogens with two attached hydrogens (primary N) is 1. The van der Waals surface area contributed by atoms with Crippen LogP contribution in [-0.4, -0.2) is 39.7 Å². The van der Waals surface area contributed by atoms with E-state index in [1.54, 1.807) is 14.2 Å². The van der Waals surface area contributed by atoms with Crippen molar-refractivity contribution in [1.29, 1.82) is 0 Å². The molecular weight excluding hydrogens is 426 g/mol. The van der Waals surface area contributed by atoms with E-state index in [4.69, 9.17) is 36.6 Å². The number of hydrogen-bond acceptors (Lipinski definition) is 5. The molecule has 0 amide bonds. The van der Waals surface area contributed by atoms with Crippen molar-refractivity contribution in [2.45, 2.75) is 96.2 Å². The normalized spacial score (nSPS) is 17.4. The van der Waals surface area contributed by atoms with Gasteiger partial charge in [0, 0.05) is 12.0 Å². The van der Waals surface area contributed by atoms with Crippen LogP contribution in [0.15, 0.2) is 12.1 Å². The average molecular weight is 468 g/mol. The van der Waals surface area contributed by atoms with Gasteiger partial charge in [0.05, 0.1) is 37.5 Å². The summed E-state index contributed by atoms with van der Waals surface area (Å²) in [6, 6.07) is 4.08. The van der Waals surface area contributed by atoms with Gasteiger partial charge < -0.3 is 24.4 Å². The maximum absolute atomic E-state index is 6.99. The SMILES string of the molecule is COc1cc(C(O[Si](C)(C)C(C)(C)C)C(CC(N)=S)OC2CCCC2)cc(OC)c1C. The summed E-state index contributed by atoms with van der Waals surface area (Å²) in [5.41, 5.74) is 7.96. The molecule has 1 fully saturated rings. The summed E-state index contributed by atoms with van der Waals surface area (Å²) in [7, 11) is 1.22. The monoisotopic (exact) mass is 467 g/mol. The number of ether oxygens (including phenoxy) is 3. The summed E-state index contributed by atoms with van der Waals surface area (Å²) in [6.07, 6.45) is 4.66. The van der Waals surface area contributed by atoms with E-state index >= 15 is 0 Å². The van der Waals surface area contributed by atoms with E-state index in [0.717, 1.165) is 35.5 Å². The van der Waals surface area contributed by atoms with E-state index in [-0.39, 0.29) is 23.4 Å². The van der Waals surface area contributed by atoms with Gasteiger partial charge in [0.2, 0.25) is 0 Å². The molecule has 2 atom stereocenters. The summed E-state index contributed by atoms with van der Waals surface area (Å²) >= 11 is 5.32. The predicted octanol–water partition coefficient (Wildman–Crippen LogP) is 6.08. The fourth-order valence-corrected chi connectivity index (χ4v) is 5.26. The Morgan fingerprint density at radius 2 is 1.65 bits per heavy atom. The minimum absolute atomic E-state index is 0.0469. The molecule has 1 aromatic rings. The highest BCUT2D eigenvalue weighted by atomic mass is 32.1. The van der Waals surface area contributed by atoms with Crippen molar-refractivity contribution in [3.8, 4) is 11.5 Å². The van der Waals surface area contributed by atoms with Crippen LogP contribution in [0.25, 0.3) is 0 Å². The Morgan fingerprint density at radius 1 is 1.13 bits per heavy atom. The Morgan fingerprint density at radius 3 is 2.06 bits per heavy atom. The molecule has 1 aliphatic rings. The molecule has 1 aromatic carbocycles. The van der Waals surface area contributed by atoms with Gasteiger partial charge in [0.25, 0.3) is 0 Å². The highest BCUT2D eigenvalue weighted by molar-refractivity contribution is 7.80. The van der Waals surface area contributed by atoms with Crippen LogP contribution in [0.1, 0.15) is 70.1 Å². The van der Waals surface area contributed by atoms with Gasteiger partial charge in [-0.15, -0.1) is 0 Å². The lowest BCUT2D eigenvalue weighted by molar-refractivity contribution is -0.0670. The fourth-order valence-electron chi connectivity index (χ4n) is 3.82. The molecule has 0 aromatic heterocycles. The first-order chi connectivity index (χ1) is 14.4. The third-order valence-corrected chi connectivity index (χ3v) is 11.4. The van der Waals surface area contributed by atoms with Crippen LogP contribution in [-0.2, 0) is 9.16 Å². The molecular formula is C24H41NO4SSi. The van der Waals surface area contributed by atoms with Crippen molar-refractivity contribution >= 4 is 25.5 Å². The number of hydrogen-bond donors (Lipinski definition) is 1. The second kappa shape index (κ2) is 10.6. The number of thiocarbonyl (C=S) groups is 1. The Labute approximate surface area is 195 Å². The Balaban J connectivity index is 2.56. The fraction of sp³-hybridized carbons (Fsp3) is 0.708. The van der Waals surface area contributed by atoms with Crippen LogP contribution in [0.4, 0.5) is 0 Å².